The molecule has 0 aliphatic heterocycles. The minimum absolute atomic E-state index is 0.00179. The van der Waals surface area contributed by atoms with Gasteiger partial charge in [-0.25, -0.2) is 20.2 Å². The molecule has 0 radical (unpaired) electrons. The highest BCUT2D eigenvalue weighted by molar-refractivity contribution is 7.86. The highest BCUT2D eigenvalue weighted by Gasteiger charge is 2.19. The van der Waals surface area contributed by atoms with Gasteiger partial charge in [-0.3, -0.25) is 9.35 Å². The third-order valence-corrected chi connectivity index (χ3v) is 5.50. The average Bonchev–Trinajstić information content (AvgIpc) is 2.83. The summed E-state index contributed by atoms with van der Waals surface area (Å²) >= 11 is 0. The minimum atomic E-state index is -4.58. The Morgan fingerprint density at radius 3 is 2.24 bits per heavy atom. The highest BCUT2D eigenvalue weighted by atomic mass is 32.2. The smallest absolute Gasteiger partial charge is 0.295 e. The Morgan fingerprint density at radius 2 is 1.68 bits per heavy atom. The van der Waals surface area contributed by atoms with E-state index in [9.17, 15) is 33.4 Å². The maximum Gasteiger partial charge on any atom is 0.295 e. The normalized spacial score (nSPS) is 12.3. The fourth-order valence-electron chi connectivity index (χ4n) is 3.04. The van der Waals surface area contributed by atoms with Gasteiger partial charge in [0.25, 0.3) is 21.5 Å². The predicted octanol–water partition coefficient (Wildman–Crippen LogP) is 1.57. The number of rotatable bonds is 8. The molecule has 2 rings (SSSR count). The SMILES string of the molecule is [C-]#[N+]/C(C#N)=c1/cc(OCCCC(=O)c2ccccc2S(=O)(=O)O)/c(=C(\C#N)[N+]#[C-])cc1CO. The molecule has 2 aromatic carbocycles. The van der Waals surface area contributed by atoms with E-state index in [0.29, 0.717) is 0 Å². The summed E-state index contributed by atoms with van der Waals surface area (Å²) in [6.07, 6.45) is -0.0363. The van der Waals surface area contributed by atoms with Crippen LogP contribution in [-0.2, 0) is 16.7 Å². The molecule has 0 saturated carbocycles. The lowest BCUT2D eigenvalue weighted by Gasteiger charge is -2.10. The Hall–Kier alpha value is -4.52. The Morgan fingerprint density at radius 1 is 1.06 bits per heavy atom. The number of benzene rings is 2. The van der Waals surface area contributed by atoms with Crippen LogP contribution in [-0.4, -0.2) is 30.5 Å². The van der Waals surface area contributed by atoms with E-state index in [1.165, 1.54) is 30.3 Å². The molecule has 11 heteroatoms. The topological polar surface area (TPSA) is 157 Å². The molecule has 0 fully saturated rings. The average molecular weight is 476 g/mol. The molecular formula is C23H16N4O6S. The van der Waals surface area contributed by atoms with Crippen molar-refractivity contribution in [1.82, 2.24) is 0 Å². The van der Waals surface area contributed by atoms with E-state index in [4.69, 9.17) is 17.9 Å². The fraction of sp³-hybridized carbons (Fsp3) is 0.174. The molecule has 170 valence electrons. The van der Waals surface area contributed by atoms with Crippen LogP contribution in [0.3, 0.4) is 0 Å². The van der Waals surface area contributed by atoms with E-state index in [2.05, 4.69) is 9.69 Å². The Bertz CT molecular complexity index is 1500. The molecule has 0 saturated heterocycles. The van der Waals surface area contributed by atoms with E-state index in [0.717, 1.165) is 6.07 Å². The van der Waals surface area contributed by atoms with E-state index in [1.54, 1.807) is 12.1 Å². The molecule has 2 N–H and O–H groups in total. The van der Waals surface area contributed by atoms with Crippen LogP contribution in [0.5, 0.6) is 5.75 Å². The zero-order valence-electron chi connectivity index (χ0n) is 17.5. The van der Waals surface area contributed by atoms with Crippen molar-refractivity contribution >= 4 is 27.3 Å². The molecule has 0 aliphatic rings. The minimum Gasteiger partial charge on any atom is -0.494 e. The standard InChI is InChI=1S/C23H16N4O6S/c1-26-19(12-24)17-11-22(18(10-15(17)14-28)20(13-25)27-2)33-9-5-7-21(29)16-6-3-4-8-23(16)34(30,31)32/h3-4,6,8,10-11,28H,5,7,9,14H2,(H,30,31,32)/b19-17-,20-18+. The van der Waals surface area contributed by atoms with Crippen LogP contribution < -0.4 is 15.2 Å². The largest absolute Gasteiger partial charge is 0.494 e. The second-order valence-electron chi connectivity index (χ2n) is 6.65. The zero-order valence-corrected chi connectivity index (χ0v) is 18.3. The summed E-state index contributed by atoms with van der Waals surface area (Å²) in [5.41, 5.74) is -0.670. The van der Waals surface area contributed by atoms with Gasteiger partial charge in [0.1, 0.15) is 10.6 Å². The summed E-state index contributed by atoms with van der Waals surface area (Å²) in [7, 11) is -4.58. The molecule has 0 bridgehead atoms. The summed E-state index contributed by atoms with van der Waals surface area (Å²) in [6.45, 7) is 13.7. The number of carbonyl (C=O) groups is 1. The Balaban J connectivity index is 2.37. The van der Waals surface area contributed by atoms with Crippen molar-refractivity contribution in [2.24, 2.45) is 0 Å². The molecular weight excluding hydrogens is 460 g/mol. The second-order valence-corrected chi connectivity index (χ2v) is 8.04. The van der Waals surface area contributed by atoms with Crippen LogP contribution in [0.1, 0.15) is 28.8 Å². The van der Waals surface area contributed by atoms with Gasteiger partial charge in [-0.2, -0.15) is 8.42 Å². The van der Waals surface area contributed by atoms with Crippen molar-refractivity contribution in [2.45, 2.75) is 24.3 Å². The van der Waals surface area contributed by atoms with Crippen LogP contribution in [0.25, 0.3) is 21.1 Å². The Kier molecular flexibility index (Phi) is 8.61. The summed E-state index contributed by atoms with van der Waals surface area (Å²) < 4.78 is 37.9. The molecule has 0 spiro atoms. The lowest BCUT2D eigenvalue weighted by molar-refractivity contribution is 0.0970. The van der Waals surface area contributed by atoms with Crippen molar-refractivity contribution in [3.8, 4) is 17.9 Å². The maximum atomic E-state index is 12.5. The number of Topliss-reactive ketones (excluding diaryl/α,β-unsaturated/α-hetero) is 1. The summed E-state index contributed by atoms with van der Waals surface area (Å²) in [6, 6.07) is 11.2. The molecule has 0 aromatic heterocycles. The molecule has 0 aliphatic carbocycles. The van der Waals surface area contributed by atoms with E-state index >= 15 is 0 Å². The van der Waals surface area contributed by atoms with E-state index in [1.807, 2.05) is 0 Å². The predicted molar refractivity (Wildman–Crippen MR) is 118 cm³/mol. The number of nitriles is 2. The molecule has 10 nitrogen and oxygen atoms in total. The Labute approximate surface area is 195 Å². The number of hydrogen-bond acceptors (Lipinski definition) is 7. The number of ether oxygens (including phenoxy) is 1. The first-order chi connectivity index (χ1) is 16.2. The fourth-order valence-corrected chi connectivity index (χ4v) is 3.75. The number of carbonyl (C=O) groups excluding carboxylic acids is 1. The number of ketones is 1. The number of aliphatic hydroxyl groups excluding tert-OH is 1. The summed E-state index contributed by atoms with van der Waals surface area (Å²) in [5.74, 6) is -0.547. The second kappa shape index (κ2) is 11.4. The first kappa shape index (κ1) is 25.7. The van der Waals surface area contributed by atoms with E-state index in [-0.39, 0.29) is 58.2 Å². The van der Waals surface area contributed by atoms with E-state index < -0.39 is 27.4 Å². The van der Waals surface area contributed by atoms with Crippen LogP contribution in [0.2, 0.25) is 0 Å². The first-order valence-corrected chi connectivity index (χ1v) is 11.0. The van der Waals surface area contributed by atoms with Crippen molar-refractivity contribution < 1.29 is 27.6 Å². The quantitative estimate of drug-likeness (QED) is 0.252. The first-order valence-electron chi connectivity index (χ1n) is 9.51. The van der Waals surface area contributed by atoms with Gasteiger partial charge in [0.2, 0.25) is 0 Å². The monoisotopic (exact) mass is 476 g/mol. The molecule has 0 heterocycles. The van der Waals surface area contributed by atoms with Gasteiger partial charge in [0.15, 0.2) is 5.78 Å². The molecule has 0 amide bonds. The molecule has 0 atom stereocenters. The van der Waals surface area contributed by atoms with Crippen molar-refractivity contribution in [2.75, 3.05) is 6.61 Å². The van der Waals surface area contributed by atoms with Crippen molar-refractivity contribution in [1.29, 1.82) is 10.5 Å². The van der Waals surface area contributed by atoms with Gasteiger partial charge >= 0.3 is 0 Å². The highest BCUT2D eigenvalue weighted by Crippen LogP contribution is 2.18. The number of hydrogen-bond donors (Lipinski definition) is 2. The lowest BCUT2D eigenvalue weighted by Crippen LogP contribution is -2.21. The molecule has 34 heavy (non-hydrogen) atoms. The van der Waals surface area contributed by atoms with Gasteiger partial charge in [0.05, 0.1) is 38.5 Å². The van der Waals surface area contributed by atoms with Gasteiger partial charge in [-0.1, -0.05) is 24.3 Å². The summed E-state index contributed by atoms with van der Waals surface area (Å²) in [4.78, 5) is 18.2. The van der Waals surface area contributed by atoms with Crippen molar-refractivity contribution in [3.05, 3.63) is 80.8 Å². The number of aliphatic hydroxyl groups is 1. The molecule has 2 aromatic rings. The van der Waals surface area contributed by atoms with Gasteiger partial charge < -0.3 is 9.84 Å². The van der Waals surface area contributed by atoms with Gasteiger partial charge in [-0.15, -0.1) is 0 Å². The molecule has 0 unspecified atom stereocenters. The third kappa shape index (κ3) is 5.83. The van der Waals surface area contributed by atoms with Crippen LogP contribution in [0.4, 0.5) is 0 Å². The van der Waals surface area contributed by atoms with Gasteiger partial charge in [0, 0.05) is 22.4 Å². The van der Waals surface area contributed by atoms with Crippen molar-refractivity contribution in [3.63, 3.8) is 0 Å². The van der Waals surface area contributed by atoms with Gasteiger partial charge in [-0.05, 0) is 24.1 Å². The third-order valence-electron chi connectivity index (χ3n) is 4.59. The lowest BCUT2D eigenvalue weighted by atomic mass is 10.1. The maximum absolute atomic E-state index is 12.5. The van der Waals surface area contributed by atoms with Crippen LogP contribution in [0.15, 0.2) is 41.3 Å². The van der Waals surface area contributed by atoms with Crippen LogP contribution >= 0.6 is 0 Å². The van der Waals surface area contributed by atoms with Crippen LogP contribution in [0, 0.1) is 35.8 Å². The zero-order chi connectivity index (χ0) is 25.3. The number of nitrogens with zero attached hydrogens (tertiary/aromatic N) is 4. The summed E-state index contributed by atoms with van der Waals surface area (Å²) in [5, 5.41) is 28.2.